The molecule has 2 aliphatic heterocycles. The highest BCUT2D eigenvalue weighted by atomic mass is 16.3. The molecule has 2 aliphatic rings. The van der Waals surface area contributed by atoms with Crippen LogP contribution in [0.3, 0.4) is 0 Å². The van der Waals surface area contributed by atoms with Gasteiger partial charge >= 0.3 is 0 Å². The smallest absolute Gasteiger partial charge is 0.245 e. The second kappa shape index (κ2) is 5.92. The van der Waals surface area contributed by atoms with Gasteiger partial charge in [-0.3, -0.25) is 9.59 Å². The number of piperidine rings is 1. The van der Waals surface area contributed by atoms with Crippen LogP contribution in [0, 0.1) is 0 Å². The van der Waals surface area contributed by atoms with E-state index in [0.29, 0.717) is 19.4 Å². The van der Waals surface area contributed by atoms with Gasteiger partial charge in [0.15, 0.2) is 0 Å². The summed E-state index contributed by atoms with van der Waals surface area (Å²) >= 11 is 0. The van der Waals surface area contributed by atoms with E-state index in [4.69, 9.17) is 4.42 Å². The molecule has 21 heavy (non-hydrogen) atoms. The van der Waals surface area contributed by atoms with Crippen molar-refractivity contribution in [2.75, 3.05) is 6.54 Å². The molecule has 3 heterocycles. The lowest BCUT2D eigenvalue weighted by Gasteiger charge is -2.37. The highest BCUT2D eigenvalue weighted by Crippen LogP contribution is 2.26. The van der Waals surface area contributed by atoms with Crippen LogP contribution in [-0.4, -0.2) is 40.2 Å². The van der Waals surface area contributed by atoms with E-state index in [1.165, 1.54) is 6.42 Å². The Labute approximate surface area is 124 Å². The Morgan fingerprint density at radius 1 is 1.38 bits per heavy atom. The molecule has 0 radical (unpaired) electrons. The average molecular weight is 290 g/mol. The van der Waals surface area contributed by atoms with E-state index < -0.39 is 0 Å². The van der Waals surface area contributed by atoms with Crippen molar-refractivity contribution in [3.05, 3.63) is 24.2 Å². The zero-order valence-electron chi connectivity index (χ0n) is 12.5. The summed E-state index contributed by atoms with van der Waals surface area (Å²) in [7, 11) is 0. The monoisotopic (exact) mass is 290 g/mol. The van der Waals surface area contributed by atoms with E-state index in [-0.39, 0.29) is 23.9 Å². The molecule has 0 aliphatic carbocycles. The van der Waals surface area contributed by atoms with Crippen LogP contribution in [0.2, 0.25) is 0 Å². The Bertz CT molecular complexity index is 512. The summed E-state index contributed by atoms with van der Waals surface area (Å²) in [5, 5.41) is 0. The van der Waals surface area contributed by atoms with Gasteiger partial charge in [-0.05, 0) is 44.7 Å². The lowest BCUT2D eigenvalue weighted by molar-refractivity contribution is -0.144. The van der Waals surface area contributed by atoms with Crippen molar-refractivity contribution in [3.8, 4) is 0 Å². The van der Waals surface area contributed by atoms with Crippen molar-refractivity contribution in [2.24, 2.45) is 0 Å². The minimum Gasteiger partial charge on any atom is -0.467 e. The van der Waals surface area contributed by atoms with Gasteiger partial charge in [0.1, 0.15) is 11.8 Å². The number of hydrogen-bond acceptors (Lipinski definition) is 3. The van der Waals surface area contributed by atoms with E-state index in [0.717, 1.165) is 25.1 Å². The van der Waals surface area contributed by atoms with Crippen LogP contribution in [0.5, 0.6) is 0 Å². The van der Waals surface area contributed by atoms with Crippen LogP contribution in [0.1, 0.15) is 44.8 Å². The number of nitrogens with zero attached hydrogens (tertiary/aromatic N) is 2. The molecule has 0 spiro atoms. The summed E-state index contributed by atoms with van der Waals surface area (Å²) in [5.41, 5.74) is 0. The van der Waals surface area contributed by atoms with Crippen molar-refractivity contribution >= 4 is 11.8 Å². The minimum atomic E-state index is -0.317. The molecule has 5 nitrogen and oxygen atoms in total. The van der Waals surface area contributed by atoms with Gasteiger partial charge in [-0.1, -0.05) is 0 Å². The maximum atomic E-state index is 12.8. The number of carbonyl (C=O) groups is 2. The summed E-state index contributed by atoms with van der Waals surface area (Å²) < 4.78 is 5.32. The van der Waals surface area contributed by atoms with Crippen molar-refractivity contribution in [1.29, 1.82) is 0 Å². The van der Waals surface area contributed by atoms with Crippen LogP contribution >= 0.6 is 0 Å². The van der Waals surface area contributed by atoms with Crippen LogP contribution in [0.4, 0.5) is 0 Å². The van der Waals surface area contributed by atoms with Crippen LogP contribution in [0.25, 0.3) is 0 Å². The summed E-state index contributed by atoms with van der Waals surface area (Å²) in [4.78, 5) is 28.5. The third kappa shape index (κ3) is 2.82. The predicted molar refractivity (Wildman–Crippen MR) is 77.3 cm³/mol. The SMILES string of the molecule is C[C@@H]1CCCCN1C(=O)[C@H]1CCC(=O)N1Cc1ccco1. The molecule has 2 fully saturated rings. The van der Waals surface area contributed by atoms with E-state index in [2.05, 4.69) is 6.92 Å². The fourth-order valence-electron chi connectivity index (χ4n) is 3.38. The topological polar surface area (TPSA) is 53.8 Å². The molecule has 2 saturated heterocycles. The van der Waals surface area contributed by atoms with Gasteiger partial charge in [-0.15, -0.1) is 0 Å². The van der Waals surface area contributed by atoms with E-state index in [1.54, 1.807) is 17.2 Å². The molecule has 3 rings (SSSR count). The van der Waals surface area contributed by atoms with Gasteiger partial charge < -0.3 is 14.2 Å². The molecular weight excluding hydrogens is 268 g/mol. The third-order valence-corrected chi connectivity index (χ3v) is 4.61. The maximum Gasteiger partial charge on any atom is 0.245 e. The fraction of sp³-hybridized carbons (Fsp3) is 0.625. The first-order valence-electron chi connectivity index (χ1n) is 7.79. The normalized spacial score (nSPS) is 26.4. The van der Waals surface area contributed by atoms with E-state index >= 15 is 0 Å². The van der Waals surface area contributed by atoms with E-state index in [1.807, 2.05) is 11.0 Å². The number of rotatable bonds is 3. The van der Waals surface area contributed by atoms with Crippen molar-refractivity contribution in [1.82, 2.24) is 9.80 Å². The molecule has 2 atom stereocenters. The zero-order valence-corrected chi connectivity index (χ0v) is 12.5. The summed E-state index contributed by atoms with van der Waals surface area (Å²) in [6, 6.07) is 3.62. The van der Waals surface area contributed by atoms with Gasteiger partial charge in [-0.2, -0.15) is 0 Å². The number of furan rings is 1. The first-order chi connectivity index (χ1) is 10.2. The highest BCUT2D eigenvalue weighted by molar-refractivity contribution is 5.91. The van der Waals surface area contributed by atoms with Gasteiger partial charge in [0.05, 0.1) is 12.8 Å². The molecule has 0 aromatic carbocycles. The first kappa shape index (κ1) is 14.2. The molecule has 2 amide bonds. The van der Waals surface area contributed by atoms with Crippen molar-refractivity contribution in [2.45, 2.75) is 57.7 Å². The molecule has 0 bridgehead atoms. The molecular formula is C16H22N2O3. The zero-order chi connectivity index (χ0) is 14.8. The summed E-state index contributed by atoms with van der Waals surface area (Å²) in [6.07, 6.45) is 5.99. The summed E-state index contributed by atoms with van der Waals surface area (Å²) in [5.74, 6) is 0.892. The largest absolute Gasteiger partial charge is 0.467 e. The van der Waals surface area contributed by atoms with Crippen LogP contribution < -0.4 is 0 Å². The Morgan fingerprint density at radius 2 is 2.24 bits per heavy atom. The quantitative estimate of drug-likeness (QED) is 0.857. The number of likely N-dealkylation sites (tertiary alicyclic amines) is 2. The Kier molecular flexibility index (Phi) is 3.99. The molecule has 1 aromatic heterocycles. The molecule has 1 aromatic rings. The fourth-order valence-corrected chi connectivity index (χ4v) is 3.38. The lowest BCUT2D eigenvalue weighted by Crippen LogP contribution is -2.51. The van der Waals surface area contributed by atoms with Crippen LogP contribution in [0.15, 0.2) is 22.8 Å². The number of carbonyl (C=O) groups excluding carboxylic acids is 2. The van der Waals surface area contributed by atoms with Crippen molar-refractivity contribution in [3.63, 3.8) is 0 Å². The molecule has 0 saturated carbocycles. The minimum absolute atomic E-state index is 0.0504. The Hall–Kier alpha value is -1.78. The number of hydrogen-bond donors (Lipinski definition) is 0. The molecule has 5 heteroatoms. The second-order valence-electron chi connectivity index (χ2n) is 6.03. The third-order valence-electron chi connectivity index (χ3n) is 4.61. The van der Waals surface area contributed by atoms with Gasteiger partial charge in [0, 0.05) is 19.0 Å². The van der Waals surface area contributed by atoms with Crippen LogP contribution in [-0.2, 0) is 16.1 Å². The Morgan fingerprint density at radius 3 is 2.95 bits per heavy atom. The van der Waals surface area contributed by atoms with Gasteiger partial charge in [0.25, 0.3) is 0 Å². The standard InChI is InChI=1S/C16H22N2O3/c1-12-5-2-3-9-17(12)16(20)14-7-8-15(19)18(14)11-13-6-4-10-21-13/h4,6,10,12,14H,2-3,5,7-9,11H2,1H3/t12-,14-/m1/s1. The molecule has 0 unspecified atom stereocenters. The van der Waals surface area contributed by atoms with Crippen molar-refractivity contribution < 1.29 is 14.0 Å². The summed E-state index contributed by atoms with van der Waals surface area (Å²) in [6.45, 7) is 3.31. The van der Waals surface area contributed by atoms with Gasteiger partial charge in [-0.25, -0.2) is 0 Å². The second-order valence-corrected chi connectivity index (χ2v) is 6.03. The highest BCUT2D eigenvalue weighted by Gasteiger charge is 2.39. The lowest BCUT2D eigenvalue weighted by atomic mass is 10.0. The predicted octanol–water partition coefficient (Wildman–Crippen LogP) is 2.17. The Balaban J connectivity index is 1.73. The average Bonchev–Trinajstić information content (AvgIpc) is 3.11. The number of amides is 2. The first-order valence-corrected chi connectivity index (χ1v) is 7.79. The molecule has 0 N–H and O–H groups in total. The van der Waals surface area contributed by atoms with E-state index in [9.17, 15) is 9.59 Å². The maximum absolute atomic E-state index is 12.8. The molecule has 114 valence electrons. The van der Waals surface area contributed by atoms with Gasteiger partial charge in [0.2, 0.25) is 11.8 Å².